The molecule has 0 aromatic rings. The lowest BCUT2D eigenvalue weighted by Gasteiger charge is -2.24. The van der Waals surface area contributed by atoms with Crippen LogP contribution in [0.1, 0.15) is 239 Å². The van der Waals surface area contributed by atoms with E-state index in [0.717, 1.165) is 77.0 Å². The lowest BCUT2D eigenvalue weighted by atomic mass is 10.0. The minimum absolute atomic E-state index is 0.0674. The van der Waals surface area contributed by atoms with Gasteiger partial charge in [0.15, 0.2) is 0 Å². The van der Waals surface area contributed by atoms with Crippen LogP contribution in [-0.2, 0) is 14.3 Å². The first kappa shape index (κ1) is 56.6. The number of ether oxygens (including phenoxy) is 1. The summed E-state index contributed by atoms with van der Waals surface area (Å²) in [5.74, 6) is -0.500. The van der Waals surface area contributed by atoms with E-state index in [1.807, 2.05) is 24.3 Å². The molecule has 6 heteroatoms. The first-order valence-corrected chi connectivity index (χ1v) is 25.1. The van der Waals surface area contributed by atoms with Gasteiger partial charge in [-0.05, 0) is 44.9 Å². The molecule has 1 amide bonds. The van der Waals surface area contributed by atoms with Gasteiger partial charge < -0.3 is 20.3 Å². The fraction of sp³-hybridized carbons (Fsp3) is 0.774. The second-order valence-corrected chi connectivity index (χ2v) is 17.0. The van der Waals surface area contributed by atoms with Gasteiger partial charge in [-0.1, -0.05) is 242 Å². The first-order valence-electron chi connectivity index (χ1n) is 25.1. The number of aliphatic hydroxyl groups is 2. The molecule has 0 saturated carbocycles. The number of hydrogen-bond donors (Lipinski definition) is 3. The number of carbonyl (C=O) groups excluding carboxylic acids is 2. The van der Waals surface area contributed by atoms with E-state index in [0.29, 0.717) is 19.3 Å². The second-order valence-electron chi connectivity index (χ2n) is 17.0. The highest BCUT2D eigenvalue weighted by molar-refractivity contribution is 5.77. The van der Waals surface area contributed by atoms with Gasteiger partial charge in [-0.3, -0.25) is 9.59 Å². The number of allylic oxidation sites excluding steroid dienone is 10. The van der Waals surface area contributed by atoms with Crippen molar-refractivity contribution in [2.75, 3.05) is 6.61 Å². The third kappa shape index (κ3) is 42.1. The molecule has 3 N–H and O–H groups in total. The zero-order valence-electron chi connectivity index (χ0n) is 38.9. The quantitative estimate of drug-likeness (QED) is 0.0323. The highest BCUT2D eigenvalue weighted by Gasteiger charge is 2.24. The molecular formula is C53H95NO5. The molecule has 0 saturated heterocycles. The molecule has 0 aliphatic carbocycles. The maximum atomic E-state index is 13.2. The monoisotopic (exact) mass is 826 g/mol. The van der Waals surface area contributed by atoms with E-state index in [4.69, 9.17) is 4.74 Å². The van der Waals surface area contributed by atoms with Gasteiger partial charge in [0.05, 0.1) is 25.2 Å². The Morgan fingerprint density at radius 2 is 0.898 bits per heavy atom. The standard InChI is InChI=1S/C53H95NO5/c1-4-7-10-13-16-19-22-23-24-25-26-27-28-31-34-37-40-43-46-53(58)59-49(44-41-38-35-32-29-20-17-14-11-8-5-2)47-52(57)54-50(48-55)51(56)45-42-39-36-33-30-21-18-15-12-9-6-3/h10,13,16,19,22-27,49-51,55-56H,4-9,11-12,14-15,17-18,20-21,28-48H2,1-3H3,(H,54,57)/b13-10+,19-16+,23-22+,25-24+,27-26+. The maximum absolute atomic E-state index is 13.2. The van der Waals surface area contributed by atoms with E-state index in [2.05, 4.69) is 62.5 Å². The van der Waals surface area contributed by atoms with Crippen LogP contribution in [0.2, 0.25) is 0 Å². The van der Waals surface area contributed by atoms with Crippen LogP contribution in [0.3, 0.4) is 0 Å². The number of nitrogens with one attached hydrogen (secondary N) is 1. The molecule has 0 aliphatic heterocycles. The summed E-state index contributed by atoms with van der Waals surface area (Å²) < 4.78 is 5.91. The fourth-order valence-corrected chi connectivity index (χ4v) is 7.40. The van der Waals surface area contributed by atoms with Crippen molar-refractivity contribution in [3.63, 3.8) is 0 Å². The van der Waals surface area contributed by atoms with E-state index < -0.39 is 18.2 Å². The zero-order valence-corrected chi connectivity index (χ0v) is 38.9. The van der Waals surface area contributed by atoms with Crippen LogP contribution < -0.4 is 5.32 Å². The molecule has 59 heavy (non-hydrogen) atoms. The van der Waals surface area contributed by atoms with E-state index >= 15 is 0 Å². The smallest absolute Gasteiger partial charge is 0.306 e. The lowest BCUT2D eigenvalue weighted by Crippen LogP contribution is -2.46. The largest absolute Gasteiger partial charge is 0.462 e. The number of carbonyl (C=O) groups is 2. The Balaban J connectivity index is 4.59. The van der Waals surface area contributed by atoms with Crippen LogP contribution in [0.5, 0.6) is 0 Å². The third-order valence-electron chi connectivity index (χ3n) is 11.2. The topological polar surface area (TPSA) is 95.9 Å². The molecule has 342 valence electrons. The molecule has 6 nitrogen and oxygen atoms in total. The molecule has 0 rings (SSSR count). The van der Waals surface area contributed by atoms with Gasteiger partial charge in [0.25, 0.3) is 0 Å². The second kappa shape index (κ2) is 46.6. The van der Waals surface area contributed by atoms with Gasteiger partial charge in [-0.25, -0.2) is 0 Å². The van der Waals surface area contributed by atoms with Gasteiger partial charge in [0, 0.05) is 6.42 Å². The highest BCUT2D eigenvalue weighted by atomic mass is 16.5. The Labute approximate surface area is 365 Å². The zero-order chi connectivity index (χ0) is 43.1. The summed E-state index contributed by atoms with van der Waals surface area (Å²) in [5.41, 5.74) is 0. The van der Waals surface area contributed by atoms with Gasteiger partial charge in [0.1, 0.15) is 6.10 Å². The summed E-state index contributed by atoms with van der Waals surface area (Å²) >= 11 is 0. The van der Waals surface area contributed by atoms with Crippen molar-refractivity contribution in [3.05, 3.63) is 60.8 Å². The van der Waals surface area contributed by atoms with Crippen molar-refractivity contribution >= 4 is 11.9 Å². The number of hydrogen-bond acceptors (Lipinski definition) is 5. The van der Waals surface area contributed by atoms with Gasteiger partial charge in [-0.15, -0.1) is 0 Å². The van der Waals surface area contributed by atoms with E-state index in [1.54, 1.807) is 0 Å². The van der Waals surface area contributed by atoms with Gasteiger partial charge >= 0.3 is 5.97 Å². The molecule has 0 heterocycles. The predicted molar refractivity (Wildman–Crippen MR) is 255 cm³/mol. The van der Waals surface area contributed by atoms with Crippen molar-refractivity contribution in [1.29, 1.82) is 0 Å². The summed E-state index contributed by atoms with van der Waals surface area (Å²) in [6, 6.07) is -0.705. The highest BCUT2D eigenvalue weighted by Crippen LogP contribution is 2.18. The summed E-state index contributed by atoms with van der Waals surface area (Å²) in [4.78, 5) is 26.1. The Morgan fingerprint density at radius 1 is 0.492 bits per heavy atom. The van der Waals surface area contributed by atoms with Crippen molar-refractivity contribution < 1.29 is 24.5 Å². The molecule has 0 fully saturated rings. The summed E-state index contributed by atoms with van der Waals surface area (Å²) in [5, 5.41) is 23.7. The number of esters is 1. The molecule has 0 aromatic heterocycles. The Hall–Kier alpha value is -2.44. The molecule has 0 aromatic carbocycles. The summed E-state index contributed by atoms with van der Waals surface area (Å²) in [7, 11) is 0. The molecule has 0 spiro atoms. The first-order chi connectivity index (χ1) is 29.0. The molecular weight excluding hydrogens is 731 g/mol. The summed E-state index contributed by atoms with van der Waals surface area (Å²) in [6.07, 6.45) is 57.0. The van der Waals surface area contributed by atoms with Crippen LogP contribution in [0.15, 0.2) is 60.8 Å². The van der Waals surface area contributed by atoms with E-state index in [1.165, 1.54) is 116 Å². The number of unbranched alkanes of at least 4 members (excludes halogenated alkanes) is 26. The van der Waals surface area contributed by atoms with Crippen LogP contribution in [0.25, 0.3) is 0 Å². The average molecular weight is 826 g/mol. The van der Waals surface area contributed by atoms with Crippen molar-refractivity contribution in [2.24, 2.45) is 0 Å². The molecule has 0 radical (unpaired) electrons. The van der Waals surface area contributed by atoms with Gasteiger partial charge in [-0.2, -0.15) is 0 Å². The lowest BCUT2D eigenvalue weighted by molar-refractivity contribution is -0.151. The average Bonchev–Trinajstić information content (AvgIpc) is 3.23. The molecule has 0 bridgehead atoms. The minimum Gasteiger partial charge on any atom is -0.462 e. The normalized spacial score (nSPS) is 13.8. The maximum Gasteiger partial charge on any atom is 0.306 e. The number of aliphatic hydroxyl groups excluding tert-OH is 2. The van der Waals surface area contributed by atoms with Crippen molar-refractivity contribution in [3.8, 4) is 0 Å². The molecule has 3 unspecified atom stereocenters. The Morgan fingerprint density at radius 3 is 1.37 bits per heavy atom. The van der Waals surface area contributed by atoms with Crippen LogP contribution in [0.4, 0.5) is 0 Å². The van der Waals surface area contributed by atoms with Crippen LogP contribution >= 0.6 is 0 Å². The summed E-state index contributed by atoms with van der Waals surface area (Å²) in [6.45, 7) is 6.38. The number of rotatable bonds is 44. The predicted octanol–water partition coefficient (Wildman–Crippen LogP) is 14.8. The SMILES string of the molecule is CCC/C=C/C=C/C=C/C=C/C=C/CCCCCCCC(=O)OC(CCCCCCCCCCCCC)CC(=O)NC(CO)C(O)CCCCCCCCCCCCC. The molecule has 0 aliphatic rings. The van der Waals surface area contributed by atoms with Gasteiger partial charge in [0.2, 0.25) is 5.91 Å². The Kier molecular flexibility index (Phi) is 44.7. The Bertz CT molecular complexity index is 1060. The van der Waals surface area contributed by atoms with E-state index in [-0.39, 0.29) is 24.9 Å². The van der Waals surface area contributed by atoms with Crippen molar-refractivity contribution in [1.82, 2.24) is 5.32 Å². The third-order valence-corrected chi connectivity index (χ3v) is 11.2. The number of amides is 1. The van der Waals surface area contributed by atoms with Crippen LogP contribution in [-0.4, -0.2) is 46.9 Å². The minimum atomic E-state index is -0.791. The van der Waals surface area contributed by atoms with Crippen LogP contribution in [0, 0.1) is 0 Å². The fourth-order valence-electron chi connectivity index (χ4n) is 7.40. The van der Waals surface area contributed by atoms with Crippen molar-refractivity contribution in [2.45, 2.75) is 257 Å². The van der Waals surface area contributed by atoms with E-state index in [9.17, 15) is 19.8 Å². The molecule has 3 atom stereocenters.